The Kier molecular flexibility index (Phi) is 4.88. The molecule has 7 heteroatoms. The number of nitrogens with one attached hydrogen (secondary N) is 2. The maximum absolute atomic E-state index is 13.7. The van der Waals surface area contributed by atoms with Crippen molar-refractivity contribution in [3.05, 3.63) is 83.3 Å². The van der Waals surface area contributed by atoms with Crippen LogP contribution in [0.15, 0.2) is 54.7 Å². The van der Waals surface area contributed by atoms with Crippen LogP contribution in [-0.4, -0.2) is 10.9 Å². The predicted octanol–water partition coefficient (Wildman–Crippen LogP) is 4.80. The fourth-order valence-corrected chi connectivity index (χ4v) is 2.24. The van der Waals surface area contributed by atoms with Gasteiger partial charge in [-0.2, -0.15) is 0 Å². The Morgan fingerprint density at radius 2 is 1.69 bits per heavy atom. The highest BCUT2D eigenvalue weighted by atomic mass is 19.2. The average Bonchev–Trinajstić information content (AvgIpc) is 2.64. The van der Waals surface area contributed by atoms with E-state index < -0.39 is 29.0 Å². The zero-order chi connectivity index (χ0) is 18.7. The Balaban J connectivity index is 1.78. The number of hydrogen-bond acceptors (Lipinski definition) is 3. The molecule has 132 valence electrons. The van der Waals surface area contributed by atoms with Gasteiger partial charge in [-0.15, -0.1) is 0 Å². The Bertz CT molecular complexity index is 959. The third kappa shape index (κ3) is 3.83. The summed E-state index contributed by atoms with van der Waals surface area (Å²) in [7, 11) is 0. The lowest BCUT2D eigenvalue weighted by Gasteiger charge is -2.09. The van der Waals surface area contributed by atoms with Crippen molar-refractivity contribution in [1.82, 2.24) is 4.98 Å². The van der Waals surface area contributed by atoms with E-state index in [0.29, 0.717) is 5.82 Å². The molecular formula is C19H14F3N3O. The van der Waals surface area contributed by atoms with Crippen LogP contribution in [0.5, 0.6) is 0 Å². The summed E-state index contributed by atoms with van der Waals surface area (Å²) in [5.74, 6) is -4.69. The van der Waals surface area contributed by atoms with E-state index in [1.807, 2.05) is 31.2 Å². The second-order valence-corrected chi connectivity index (χ2v) is 5.60. The van der Waals surface area contributed by atoms with Gasteiger partial charge in [-0.25, -0.2) is 18.2 Å². The molecule has 0 saturated carbocycles. The van der Waals surface area contributed by atoms with E-state index in [0.717, 1.165) is 23.4 Å². The maximum atomic E-state index is 13.7. The molecular weight excluding hydrogens is 343 g/mol. The molecule has 0 radical (unpaired) electrons. The van der Waals surface area contributed by atoms with E-state index in [-0.39, 0.29) is 5.56 Å². The number of nitrogens with zero attached hydrogens (tertiary/aromatic N) is 1. The van der Waals surface area contributed by atoms with Crippen molar-refractivity contribution >= 4 is 23.1 Å². The Morgan fingerprint density at radius 1 is 0.962 bits per heavy atom. The number of carbonyl (C=O) groups is 1. The number of carbonyl (C=O) groups excluding carboxylic acids is 1. The summed E-state index contributed by atoms with van der Waals surface area (Å²) in [6.07, 6.45) is 1.41. The number of rotatable bonds is 4. The monoisotopic (exact) mass is 357 g/mol. The molecule has 0 aliphatic rings. The van der Waals surface area contributed by atoms with E-state index in [4.69, 9.17) is 0 Å². The summed E-state index contributed by atoms with van der Waals surface area (Å²) in [5.41, 5.74) is 1.62. The third-order valence-corrected chi connectivity index (χ3v) is 3.63. The lowest BCUT2D eigenvalue weighted by Crippen LogP contribution is -2.14. The zero-order valence-electron chi connectivity index (χ0n) is 13.7. The summed E-state index contributed by atoms with van der Waals surface area (Å²) in [5, 5.41) is 5.26. The van der Waals surface area contributed by atoms with Crippen molar-refractivity contribution in [2.45, 2.75) is 6.92 Å². The molecule has 4 nitrogen and oxygen atoms in total. The quantitative estimate of drug-likeness (QED) is 0.659. The third-order valence-electron chi connectivity index (χ3n) is 3.63. The first-order valence-corrected chi connectivity index (χ1v) is 7.68. The molecule has 1 aromatic heterocycles. The second kappa shape index (κ2) is 7.26. The summed E-state index contributed by atoms with van der Waals surface area (Å²) >= 11 is 0. The van der Waals surface area contributed by atoms with Crippen LogP contribution < -0.4 is 10.6 Å². The van der Waals surface area contributed by atoms with Crippen molar-refractivity contribution in [1.29, 1.82) is 0 Å². The largest absolute Gasteiger partial charge is 0.340 e. The Morgan fingerprint density at radius 3 is 2.42 bits per heavy atom. The minimum atomic E-state index is -1.64. The van der Waals surface area contributed by atoms with Crippen molar-refractivity contribution in [3.63, 3.8) is 0 Å². The predicted molar refractivity (Wildman–Crippen MR) is 93.0 cm³/mol. The fourth-order valence-electron chi connectivity index (χ4n) is 2.24. The van der Waals surface area contributed by atoms with Gasteiger partial charge >= 0.3 is 0 Å². The SMILES string of the molecule is Cc1ccc(Nc2cc(C(=O)Nc3ccc(F)c(F)c3F)ccn2)cc1. The van der Waals surface area contributed by atoms with Gasteiger partial charge in [-0.05, 0) is 43.3 Å². The fraction of sp³-hybridized carbons (Fsp3) is 0.0526. The minimum absolute atomic E-state index is 0.179. The highest BCUT2D eigenvalue weighted by Crippen LogP contribution is 2.21. The average molecular weight is 357 g/mol. The highest BCUT2D eigenvalue weighted by molar-refractivity contribution is 6.04. The summed E-state index contributed by atoms with van der Waals surface area (Å²) in [6, 6.07) is 12.2. The first-order valence-electron chi connectivity index (χ1n) is 7.68. The van der Waals surface area contributed by atoms with Gasteiger partial charge in [0.15, 0.2) is 17.5 Å². The Hall–Kier alpha value is -3.35. The molecule has 0 spiro atoms. The molecule has 0 saturated heterocycles. The maximum Gasteiger partial charge on any atom is 0.255 e. The van der Waals surface area contributed by atoms with Gasteiger partial charge in [-0.3, -0.25) is 4.79 Å². The molecule has 2 N–H and O–H groups in total. The van der Waals surface area contributed by atoms with Crippen LogP contribution in [0.3, 0.4) is 0 Å². The van der Waals surface area contributed by atoms with E-state index in [2.05, 4.69) is 15.6 Å². The molecule has 0 unspecified atom stereocenters. The van der Waals surface area contributed by atoms with Crippen molar-refractivity contribution < 1.29 is 18.0 Å². The number of aryl methyl sites for hydroxylation is 1. The summed E-state index contributed by atoms with van der Waals surface area (Å²) in [4.78, 5) is 16.4. The molecule has 0 bridgehead atoms. The van der Waals surface area contributed by atoms with Gasteiger partial charge < -0.3 is 10.6 Å². The van der Waals surface area contributed by atoms with Gasteiger partial charge in [0.1, 0.15) is 5.82 Å². The Labute approximate surface area is 147 Å². The van der Waals surface area contributed by atoms with Crippen LogP contribution >= 0.6 is 0 Å². The summed E-state index contributed by atoms with van der Waals surface area (Å²) < 4.78 is 39.9. The molecule has 0 aliphatic carbocycles. The minimum Gasteiger partial charge on any atom is -0.340 e. The number of anilines is 3. The van der Waals surface area contributed by atoms with Gasteiger partial charge in [-0.1, -0.05) is 17.7 Å². The van der Waals surface area contributed by atoms with E-state index in [9.17, 15) is 18.0 Å². The molecule has 1 heterocycles. The number of aromatic nitrogens is 1. The van der Waals surface area contributed by atoms with E-state index in [1.54, 1.807) is 0 Å². The molecule has 3 rings (SSSR count). The van der Waals surface area contributed by atoms with E-state index >= 15 is 0 Å². The molecule has 0 atom stereocenters. The topological polar surface area (TPSA) is 54.0 Å². The summed E-state index contributed by atoms with van der Waals surface area (Å²) in [6.45, 7) is 1.96. The van der Waals surface area contributed by atoms with Crippen LogP contribution in [0.1, 0.15) is 15.9 Å². The number of benzene rings is 2. The first kappa shape index (κ1) is 17.5. The molecule has 26 heavy (non-hydrogen) atoms. The van der Waals surface area contributed by atoms with Gasteiger partial charge in [0.05, 0.1) is 5.69 Å². The lowest BCUT2D eigenvalue weighted by molar-refractivity contribution is 0.102. The van der Waals surface area contributed by atoms with Gasteiger partial charge in [0.2, 0.25) is 0 Å². The van der Waals surface area contributed by atoms with E-state index in [1.165, 1.54) is 18.3 Å². The number of halogens is 3. The number of amides is 1. The van der Waals surface area contributed by atoms with Crippen molar-refractivity contribution in [3.8, 4) is 0 Å². The number of hydrogen-bond donors (Lipinski definition) is 2. The second-order valence-electron chi connectivity index (χ2n) is 5.60. The van der Waals surface area contributed by atoms with Crippen LogP contribution in [0.2, 0.25) is 0 Å². The number of pyridine rings is 1. The van der Waals surface area contributed by atoms with Gasteiger partial charge in [0.25, 0.3) is 5.91 Å². The van der Waals surface area contributed by atoms with Crippen molar-refractivity contribution in [2.24, 2.45) is 0 Å². The highest BCUT2D eigenvalue weighted by Gasteiger charge is 2.16. The van der Waals surface area contributed by atoms with Crippen LogP contribution in [0, 0.1) is 24.4 Å². The van der Waals surface area contributed by atoms with Crippen LogP contribution in [0.25, 0.3) is 0 Å². The molecule has 0 aliphatic heterocycles. The standard InChI is InChI=1S/C19H14F3N3O/c1-11-2-4-13(5-3-11)24-16-10-12(8-9-23-16)19(26)25-15-7-6-14(20)17(21)18(15)22/h2-10H,1H3,(H,23,24)(H,25,26). The smallest absolute Gasteiger partial charge is 0.255 e. The normalized spacial score (nSPS) is 10.5. The molecule has 1 amide bonds. The molecule has 3 aromatic rings. The molecule has 0 fully saturated rings. The van der Waals surface area contributed by atoms with Crippen LogP contribution in [0.4, 0.5) is 30.4 Å². The van der Waals surface area contributed by atoms with Gasteiger partial charge in [0, 0.05) is 17.4 Å². The molecule has 2 aromatic carbocycles. The lowest BCUT2D eigenvalue weighted by atomic mass is 10.2. The first-order chi connectivity index (χ1) is 12.4. The van der Waals surface area contributed by atoms with Crippen LogP contribution in [-0.2, 0) is 0 Å². The van der Waals surface area contributed by atoms with Crippen molar-refractivity contribution in [2.75, 3.05) is 10.6 Å². The zero-order valence-corrected chi connectivity index (χ0v) is 13.7.